The second kappa shape index (κ2) is 3.73. The number of hydrogen-bond donors (Lipinski definition) is 1. The van der Waals surface area contributed by atoms with Crippen molar-refractivity contribution < 1.29 is 4.79 Å². The highest BCUT2D eigenvalue weighted by molar-refractivity contribution is 5.93. The number of H-pyrrole nitrogens is 1. The van der Waals surface area contributed by atoms with Gasteiger partial charge in [-0.25, -0.2) is 4.79 Å². The Morgan fingerprint density at radius 1 is 1.50 bits per heavy atom. The van der Waals surface area contributed by atoms with Gasteiger partial charge >= 0.3 is 5.69 Å². The Bertz CT molecular complexity index is 537. The molecule has 16 heavy (non-hydrogen) atoms. The van der Waals surface area contributed by atoms with Crippen molar-refractivity contribution in [3.05, 3.63) is 32.6 Å². The third-order valence-electron chi connectivity index (χ3n) is 3.10. The fraction of sp³-hybridized carbons (Fsp3) is 0.545. The fourth-order valence-electron chi connectivity index (χ4n) is 1.90. The number of nitrogens with one attached hydrogen (secondary N) is 1. The van der Waals surface area contributed by atoms with E-state index < -0.39 is 11.2 Å². The molecule has 1 aliphatic rings. The normalized spacial score (nSPS) is 17.1. The average molecular weight is 222 g/mol. The molecule has 2 rings (SSSR count). The molecule has 0 aliphatic heterocycles. The Hall–Kier alpha value is -1.65. The summed E-state index contributed by atoms with van der Waals surface area (Å²) in [5, 5.41) is 0. The van der Waals surface area contributed by atoms with Crippen LogP contribution in [-0.2, 0) is 0 Å². The molecule has 0 saturated heterocycles. The lowest BCUT2D eigenvalue weighted by Crippen LogP contribution is -2.40. The number of nitrogens with zero attached hydrogens (tertiary/aromatic N) is 1. The molecule has 1 aromatic heterocycles. The van der Waals surface area contributed by atoms with Crippen LogP contribution in [0.5, 0.6) is 0 Å². The average Bonchev–Trinajstić information content (AvgIpc) is 2.99. The van der Waals surface area contributed by atoms with E-state index in [9.17, 15) is 14.4 Å². The molecule has 1 aliphatic carbocycles. The summed E-state index contributed by atoms with van der Waals surface area (Å²) in [7, 11) is 0. The maximum atomic E-state index is 11.9. The van der Waals surface area contributed by atoms with Crippen LogP contribution in [-0.4, -0.2) is 15.3 Å². The summed E-state index contributed by atoms with van der Waals surface area (Å²) in [6.07, 6.45) is 3.28. The van der Waals surface area contributed by atoms with Crippen molar-refractivity contribution in [2.45, 2.75) is 32.7 Å². The quantitative estimate of drug-likeness (QED) is 0.765. The molecule has 0 bridgehead atoms. The van der Waals surface area contributed by atoms with Crippen molar-refractivity contribution >= 4 is 5.78 Å². The minimum absolute atomic E-state index is 0.0482. The zero-order valence-corrected chi connectivity index (χ0v) is 9.32. The lowest BCUT2D eigenvalue weighted by atomic mass is 10.2. The molecule has 5 nitrogen and oxygen atoms in total. The van der Waals surface area contributed by atoms with Crippen LogP contribution in [0.4, 0.5) is 0 Å². The highest BCUT2D eigenvalue weighted by Gasteiger charge is 2.31. The lowest BCUT2D eigenvalue weighted by Gasteiger charge is -2.13. The number of carbonyl (C=O) groups is 1. The predicted molar refractivity (Wildman–Crippen MR) is 58.8 cm³/mol. The first kappa shape index (κ1) is 10.9. The molecule has 86 valence electrons. The molecular weight excluding hydrogens is 208 g/mol. The Labute approximate surface area is 92.1 Å². The van der Waals surface area contributed by atoms with Gasteiger partial charge in [0.25, 0.3) is 5.56 Å². The van der Waals surface area contributed by atoms with Crippen LogP contribution >= 0.6 is 0 Å². The number of aromatic nitrogens is 2. The molecule has 0 spiro atoms. The van der Waals surface area contributed by atoms with E-state index in [2.05, 4.69) is 4.98 Å². The molecule has 0 radical (unpaired) electrons. The number of carbonyl (C=O) groups excluding carboxylic acids is 1. The molecule has 1 unspecified atom stereocenters. The number of rotatable bonds is 3. The molecule has 1 N–H and O–H groups in total. The smallest absolute Gasteiger partial charge is 0.313 e. The van der Waals surface area contributed by atoms with E-state index in [1.165, 1.54) is 13.1 Å². The molecule has 1 heterocycles. The van der Waals surface area contributed by atoms with E-state index in [-0.39, 0.29) is 17.4 Å². The molecule has 1 atom stereocenters. The molecule has 0 aromatic carbocycles. The van der Waals surface area contributed by atoms with Crippen molar-refractivity contribution in [2.24, 2.45) is 5.92 Å². The van der Waals surface area contributed by atoms with Gasteiger partial charge in [-0.3, -0.25) is 14.2 Å². The van der Waals surface area contributed by atoms with E-state index >= 15 is 0 Å². The molecular formula is C11H14N2O3. The van der Waals surface area contributed by atoms with Crippen LogP contribution in [0.25, 0.3) is 0 Å². The molecule has 0 amide bonds. The van der Waals surface area contributed by atoms with Gasteiger partial charge in [0.2, 0.25) is 0 Å². The largest absolute Gasteiger partial charge is 0.328 e. The number of aromatic amines is 1. The lowest BCUT2D eigenvalue weighted by molar-refractivity contribution is 0.101. The Kier molecular flexibility index (Phi) is 2.53. The molecule has 1 aromatic rings. The summed E-state index contributed by atoms with van der Waals surface area (Å²) in [6, 6.07) is -0.129. The van der Waals surface area contributed by atoms with Gasteiger partial charge < -0.3 is 4.98 Å². The van der Waals surface area contributed by atoms with Crippen molar-refractivity contribution in [1.29, 1.82) is 0 Å². The zero-order valence-electron chi connectivity index (χ0n) is 9.32. The minimum atomic E-state index is -0.476. The van der Waals surface area contributed by atoms with Crippen molar-refractivity contribution in [3.63, 3.8) is 0 Å². The molecule has 1 fully saturated rings. The topological polar surface area (TPSA) is 71.9 Å². The summed E-state index contributed by atoms with van der Waals surface area (Å²) >= 11 is 0. The van der Waals surface area contributed by atoms with Crippen LogP contribution in [0, 0.1) is 5.92 Å². The first-order valence-corrected chi connectivity index (χ1v) is 5.37. The summed E-state index contributed by atoms with van der Waals surface area (Å²) in [6.45, 7) is 3.17. The predicted octanol–water partition coefficient (Wildman–Crippen LogP) is 0.710. The third-order valence-corrected chi connectivity index (χ3v) is 3.10. The van der Waals surface area contributed by atoms with Crippen LogP contribution in [0.3, 0.4) is 0 Å². The third kappa shape index (κ3) is 1.73. The number of Topliss-reactive ketones (excluding diaryl/α,β-unsaturated/α-hetero) is 1. The second-order valence-corrected chi connectivity index (χ2v) is 4.32. The van der Waals surface area contributed by atoms with E-state index in [0.29, 0.717) is 5.92 Å². The summed E-state index contributed by atoms with van der Waals surface area (Å²) in [4.78, 5) is 37.2. The van der Waals surface area contributed by atoms with Crippen molar-refractivity contribution in [1.82, 2.24) is 9.55 Å². The fourth-order valence-corrected chi connectivity index (χ4v) is 1.90. The summed E-state index contributed by atoms with van der Waals surface area (Å²) in [5.74, 6) is 0.0685. The van der Waals surface area contributed by atoms with Gasteiger partial charge in [-0.1, -0.05) is 0 Å². The van der Waals surface area contributed by atoms with Crippen molar-refractivity contribution in [2.75, 3.05) is 0 Å². The van der Waals surface area contributed by atoms with E-state index in [1.54, 1.807) is 0 Å². The van der Waals surface area contributed by atoms with Crippen LogP contribution in [0.2, 0.25) is 0 Å². The highest BCUT2D eigenvalue weighted by Crippen LogP contribution is 2.38. The first-order chi connectivity index (χ1) is 7.52. The van der Waals surface area contributed by atoms with Gasteiger partial charge in [-0.05, 0) is 32.6 Å². The number of ketones is 1. The Morgan fingerprint density at radius 3 is 2.62 bits per heavy atom. The SMILES string of the molecule is CC(=O)c1c[nH]c(=O)n(C(C)C2CC2)c1=O. The maximum absolute atomic E-state index is 11.9. The van der Waals surface area contributed by atoms with Gasteiger partial charge in [-0.2, -0.15) is 0 Å². The monoisotopic (exact) mass is 222 g/mol. The van der Waals surface area contributed by atoms with Crippen molar-refractivity contribution in [3.8, 4) is 0 Å². The highest BCUT2D eigenvalue weighted by atomic mass is 16.2. The van der Waals surface area contributed by atoms with Gasteiger partial charge in [0, 0.05) is 12.2 Å². The van der Waals surface area contributed by atoms with E-state index in [4.69, 9.17) is 0 Å². The molecule has 5 heteroatoms. The maximum Gasteiger partial charge on any atom is 0.328 e. The summed E-state index contributed by atoms with van der Waals surface area (Å²) < 4.78 is 1.16. The first-order valence-electron chi connectivity index (χ1n) is 5.37. The van der Waals surface area contributed by atoms with Crippen LogP contribution in [0.1, 0.15) is 43.1 Å². The van der Waals surface area contributed by atoms with Crippen LogP contribution in [0.15, 0.2) is 15.8 Å². The van der Waals surface area contributed by atoms with Gasteiger partial charge in [0.15, 0.2) is 5.78 Å². The van der Waals surface area contributed by atoms with Crippen LogP contribution < -0.4 is 11.2 Å². The van der Waals surface area contributed by atoms with Gasteiger partial charge in [0.1, 0.15) is 0 Å². The Balaban J connectivity index is 2.58. The van der Waals surface area contributed by atoms with E-state index in [1.807, 2.05) is 6.92 Å². The minimum Gasteiger partial charge on any atom is -0.313 e. The molecule has 1 saturated carbocycles. The zero-order chi connectivity index (χ0) is 11.9. The van der Waals surface area contributed by atoms with E-state index in [0.717, 1.165) is 17.4 Å². The standard InChI is InChI=1S/C11H14N2O3/c1-6(8-3-4-8)13-10(15)9(7(2)14)5-12-11(13)16/h5-6,8H,3-4H2,1-2H3,(H,12,16). The second-order valence-electron chi connectivity index (χ2n) is 4.32. The number of hydrogen-bond acceptors (Lipinski definition) is 3. The van der Waals surface area contributed by atoms with Gasteiger partial charge in [-0.15, -0.1) is 0 Å². The Morgan fingerprint density at radius 2 is 2.12 bits per heavy atom. The summed E-state index contributed by atoms with van der Waals surface area (Å²) in [5.41, 5.74) is -0.864. The van der Waals surface area contributed by atoms with Gasteiger partial charge in [0.05, 0.1) is 5.56 Å².